The van der Waals surface area contributed by atoms with Gasteiger partial charge in [-0.25, -0.2) is 0 Å². The molecule has 1 nitrogen and oxygen atoms in total. The molecule has 0 bridgehead atoms. The number of carbonyl (C=O) groups is 1. The Bertz CT molecular complexity index is 84.6. The molecule has 0 radical (unpaired) electrons. The minimum absolute atomic E-state index is 0.412. The third-order valence-electron chi connectivity index (χ3n) is 1.40. The van der Waals surface area contributed by atoms with Crippen LogP contribution in [0.4, 0.5) is 0 Å². The van der Waals surface area contributed by atoms with E-state index in [1.165, 1.54) is 12.8 Å². The standard InChI is InChI=1S/C4H6O.C4H10/c1-3-2-4(3)5;1-3-4-2/h3H,2H2,1H3;3-4H2,1-2H3. The summed E-state index contributed by atoms with van der Waals surface area (Å²) < 4.78 is 0. The quantitative estimate of drug-likeness (QED) is 0.530. The second-order valence-electron chi connectivity index (χ2n) is 2.57. The van der Waals surface area contributed by atoms with Gasteiger partial charge in [0.25, 0.3) is 0 Å². The van der Waals surface area contributed by atoms with Crippen molar-refractivity contribution in [3.05, 3.63) is 0 Å². The first kappa shape index (κ1) is 8.67. The summed E-state index contributed by atoms with van der Waals surface area (Å²) in [4.78, 5) is 9.89. The maximum Gasteiger partial charge on any atom is 0.136 e. The van der Waals surface area contributed by atoms with Crippen molar-refractivity contribution < 1.29 is 4.79 Å². The van der Waals surface area contributed by atoms with E-state index in [4.69, 9.17) is 0 Å². The van der Waals surface area contributed by atoms with Crippen LogP contribution in [0.5, 0.6) is 0 Å². The van der Waals surface area contributed by atoms with Crippen molar-refractivity contribution in [2.75, 3.05) is 0 Å². The lowest BCUT2D eigenvalue weighted by atomic mass is 10.4. The summed E-state index contributed by atoms with van der Waals surface area (Å²) in [7, 11) is 0. The van der Waals surface area contributed by atoms with Gasteiger partial charge < -0.3 is 0 Å². The third-order valence-corrected chi connectivity index (χ3v) is 1.40. The largest absolute Gasteiger partial charge is 0.299 e. The molecular weight excluding hydrogens is 112 g/mol. The zero-order valence-electron chi connectivity index (χ0n) is 6.61. The number of hydrogen-bond donors (Lipinski definition) is 0. The van der Waals surface area contributed by atoms with Gasteiger partial charge in [-0.1, -0.05) is 33.6 Å². The van der Waals surface area contributed by atoms with Crippen molar-refractivity contribution in [3.63, 3.8) is 0 Å². The number of carbonyl (C=O) groups excluding carboxylic acids is 1. The van der Waals surface area contributed by atoms with E-state index in [1.807, 2.05) is 6.92 Å². The molecule has 1 fully saturated rings. The van der Waals surface area contributed by atoms with Gasteiger partial charge in [0.2, 0.25) is 0 Å². The van der Waals surface area contributed by atoms with Crippen LogP contribution < -0.4 is 0 Å². The molecule has 1 aliphatic carbocycles. The lowest BCUT2D eigenvalue weighted by Crippen LogP contribution is -1.60. The molecular formula is C8H16O. The van der Waals surface area contributed by atoms with Gasteiger partial charge in [-0.15, -0.1) is 0 Å². The molecule has 1 atom stereocenters. The fourth-order valence-corrected chi connectivity index (χ4v) is 0.243. The maximum absolute atomic E-state index is 9.89. The van der Waals surface area contributed by atoms with E-state index in [2.05, 4.69) is 13.8 Å². The van der Waals surface area contributed by atoms with Crippen LogP contribution in [0.15, 0.2) is 0 Å². The van der Waals surface area contributed by atoms with E-state index < -0.39 is 0 Å². The molecule has 0 spiro atoms. The molecule has 1 saturated carbocycles. The van der Waals surface area contributed by atoms with Gasteiger partial charge in [-0.05, 0) is 0 Å². The van der Waals surface area contributed by atoms with E-state index >= 15 is 0 Å². The first-order valence-corrected chi connectivity index (χ1v) is 3.75. The summed E-state index contributed by atoms with van der Waals surface area (Å²) in [6.07, 6.45) is 3.47. The zero-order valence-corrected chi connectivity index (χ0v) is 6.61. The number of Topliss-reactive ketones (excluding diaryl/α,β-unsaturated/α-hetero) is 1. The number of hydrogen-bond acceptors (Lipinski definition) is 1. The number of unbranched alkanes of at least 4 members (excludes halogenated alkanes) is 1. The zero-order chi connectivity index (χ0) is 7.28. The molecule has 9 heavy (non-hydrogen) atoms. The van der Waals surface area contributed by atoms with E-state index in [0.717, 1.165) is 6.42 Å². The fourth-order valence-electron chi connectivity index (χ4n) is 0.243. The molecule has 0 heterocycles. The van der Waals surface area contributed by atoms with E-state index in [1.54, 1.807) is 0 Å². The van der Waals surface area contributed by atoms with Crippen molar-refractivity contribution >= 4 is 5.78 Å². The molecule has 1 heteroatoms. The molecule has 0 N–H and O–H groups in total. The van der Waals surface area contributed by atoms with Crippen molar-refractivity contribution in [2.24, 2.45) is 5.92 Å². The summed E-state index contributed by atoms with van der Waals surface area (Å²) in [5, 5.41) is 0. The van der Waals surface area contributed by atoms with Gasteiger partial charge in [0.1, 0.15) is 5.78 Å². The third kappa shape index (κ3) is 5.54. The van der Waals surface area contributed by atoms with Crippen molar-refractivity contribution in [3.8, 4) is 0 Å². The molecule has 0 amide bonds. The highest BCUT2D eigenvalue weighted by molar-refractivity contribution is 5.95. The normalized spacial score (nSPS) is 22.6. The minimum atomic E-state index is 0.412. The lowest BCUT2D eigenvalue weighted by molar-refractivity contribution is -0.110. The second kappa shape index (κ2) is 4.54. The Labute approximate surface area is 57.5 Å². The van der Waals surface area contributed by atoms with Gasteiger partial charge in [0, 0.05) is 12.3 Å². The summed E-state index contributed by atoms with van der Waals surface area (Å²) in [5.74, 6) is 0.833. The first-order chi connectivity index (χ1) is 4.22. The van der Waals surface area contributed by atoms with Crippen molar-refractivity contribution in [2.45, 2.75) is 40.0 Å². The summed E-state index contributed by atoms with van der Waals surface area (Å²) >= 11 is 0. The Morgan fingerprint density at radius 3 is 1.67 bits per heavy atom. The van der Waals surface area contributed by atoms with Crippen LogP contribution in [0.3, 0.4) is 0 Å². The average Bonchev–Trinajstić information content (AvgIpc) is 2.47. The highest BCUT2D eigenvalue weighted by Crippen LogP contribution is 2.21. The molecule has 1 rings (SSSR count). The Morgan fingerprint density at radius 2 is 1.67 bits per heavy atom. The van der Waals surface area contributed by atoms with Crippen LogP contribution >= 0.6 is 0 Å². The van der Waals surface area contributed by atoms with Gasteiger partial charge >= 0.3 is 0 Å². The summed E-state index contributed by atoms with van der Waals surface area (Å²) in [5.41, 5.74) is 0. The lowest BCUT2D eigenvalue weighted by Gasteiger charge is -1.68. The molecule has 0 aromatic rings. The maximum atomic E-state index is 9.89. The Morgan fingerprint density at radius 1 is 1.44 bits per heavy atom. The molecule has 1 unspecified atom stereocenters. The number of ketones is 1. The van der Waals surface area contributed by atoms with Crippen LogP contribution in [0.2, 0.25) is 0 Å². The summed E-state index contributed by atoms with van der Waals surface area (Å²) in [6.45, 7) is 6.31. The van der Waals surface area contributed by atoms with Crippen LogP contribution in [-0.4, -0.2) is 5.78 Å². The predicted molar refractivity (Wildman–Crippen MR) is 39.4 cm³/mol. The highest BCUT2D eigenvalue weighted by Gasteiger charge is 2.28. The summed E-state index contributed by atoms with van der Waals surface area (Å²) in [6, 6.07) is 0. The smallest absolute Gasteiger partial charge is 0.136 e. The van der Waals surface area contributed by atoms with Crippen molar-refractivity contribution in [1.29, 1.82) is 0 Å². The molecule has 0 aliphatic heterocycles. The van der Waals surface area contributed by atoms with Gasteiger partial charge in [-0.2, -0.15) is 0 Å². The SMILES string of the molecule is CC1CC1=O.CCCC. The van der Waals surface area contributed by atoms with E-state index in [0.29, 0.717) is 11.7 Å². The van der Waals surface area contributed by atoms with Crippen molar-refractivity contribution in [1.82, 2.24) is 0 Å². The second-order valence-corrected chi connectivity index (χ2v) is 2.57. The fraction of sp³-hybridized carbons (Fsp3) is 0.875. The Hall–Kier alpha value is -0.330. The Kier molecular flexibility index (Phi) is 4.37. The predicted octanol–water partition coefficient (Wildman–Crippen LogP) is 2.40. The first-order valence-electron chi connectivity index (χ1n) is 3.75. The van der Waals surface area contributed by atoms with Crippen LogP contribution in [0.25, 0.3) is 0 Å². The van der Waals surface area contributed by atoms with Crippen LogP contribution in [0, 0.1) is 5.92 Å². The highest BCUT2D eigenvalue weighted by atomic mass is 16.1. The average molecular weight is 128 g/mol. The van der Waals surface area contributed by atoms with Crippen LogP contribution in [-0.2, 0) is 4.79 Å². The monoisotopic (exact) mass is 128 g/mol. The van der Waals surface area contributed by atoms with Gasteiger partial charge in [0.15, 0.2) is 0 Å². The topological polar surface area (TPSA) is 17.1 Å². The Balaban J connectivity index is 0.000000148. The molecule has 1 aliphatic rings. The molecule has 54 valence electrons. The van der Waals surface area contributed by atoms with Gasteiger partial charge in [-0.3, -0.25) is 4.79 Å². The van der Waals surface area contributed by atoms with Crippen LogP contribution in [0.1, 0.15) is 40.0 Å². The molecule has 0 aromatic carbocycles. The van der Waals surface area contributed by atoms with Gasteiger partial charge in [0.05, 0.1) is 0 Å². The molecule has 0 saturated heterocycles. The number of rotatable bonds is 1. The molecule has 0 aromatic heterocycles. The van der Waals surface area contributed by atoms with E-state index in [9.17, 15) is 4.79 Å². The van der Waals surface area contributed by atoms with E-state index in [-0.39, 0.29) is 0 Å². The minimum Gasteiger partial charge on any atom is -0.299 e.